The highest BCUT2D eigenvalue weighted by atomic mass is 16.5. The minimum absolute atomic E-state index is 0.0185. The largest absolute Gasteiger partial charge is 0.493 e. The third kappa shape index (κ3) is 5.13. The number of rotatable bonds is 7. The van der Waals surface area contributed by atoms with Crippen LogP contribution in [-0.2, 0) is 11.4 Å². The molecule has 0 amide bonds. The summed E-state index contributed by atoms with van der Waals surface area (Å²) in [6.07, 6.45) is 1.11. The molecule has 0 fully saturated rings. The molecular weight excluding hydrogens is 500 g/mol. The van der Waals surface area contributed by atoms with E-state index in [4.69, 9.17) is 14.2 Å². The summed E-state index contributed by atoms with van der Waals surface area (Å²) in [5.41, 5.74) is 6.75. The van der Waals surface area contributed by atoms with Gasteiger partial charge in [-0.25, -0.2) is 0 Å². The van der Waals surface area contributed by atoms with Crippen molar-refractivity contribution in [2.75, 3.05) is 24.9 Å². The van der Waals surface area contributed by atoms with Gasteiger partial charge in [0.2, 0.25) is 0 Å². The van der Waals surface area contributed by atoms with Gasteiger partial charge >= 0.3 is 0 Å². The Kier molecular flexibility index (Phi) is 7.15. The summed E-state index contributed by atoms with van der Waals surface area (Å²) < 4.78 is 17.1. The number of ether oxygens (including phenoxy) is 3. The van der Waals surface area contributed by atoms with Crippen LogP contribution in [0.1, 0.15) is 41.5 Å². The monoisotopic (exact) mass is 532 g/mol. The van der Waals surface area contributed by atoms with Crippen molar-refractivity contribution < 1.29 is 19.0 Å². The van der Waals surface area contributed by atoms with Crippen LogP contribution in [-0.4, -0.2) is 20.0 Å². The average Bonchev–Trinajstić information content (AvgIpc) is 3.17. The molecule has 1 aliphatic heterocycles. The van der Waals surface area contributed by atoms with Crippen molar-refractivity contribution in [2.24, 2.45) is 0 Å². The first-order valence-corrected chi connectivity index (χ1v) is 13.5. The number of Topliss-reactive ketones (excluding diaryl/α,β-unsaturated/α-hetero) is 1. The molecule has 0 spiro atoms. The predicted molar refractivity (Wildman–Crippen MR) is 157 cm³/mol. The topological polar surface area (TPSA) is 68.8 Å². The van der Waals surface area contributed by atoms with Gasteiger partial charge < -0.3 is 24.8 Å². The second kappa shape index (κ2) is 11.2. The lowest BCUT2D eigenvalue weighted by Gasteiger charge is -2.30. The highest BCUT2D eigenvalue weighted by molar-refractivity contribution is 6.01. The van der Waals surface area contributed by atoms with Crippen LogP contribution in [0.25, 0.3) is 0 Å². The van der Waals surface area contributed by atoms with Crippen LogP contribution in [0.5, 0.6) is 17.2 Å². The molecule has 0 unspecified atom stereocenters. The number of hydrogen-bond acceptors (Lipinski definition) is 6. The van der Waals surface area contributed by atoms with E-state index in [2.05, 4.69) is 16.7 Å². The Morgan fingerprint density at radius 2 is 1.52 bits per heavy atom. The van der Waals surface area contributed by atoms with Crippen molar-refractivity contribution in [1.29, 1.82) is 0 Å². The van der Waals surface area contributed by atoms with E-state index in [1.807, 2.05) is 91.0 Å². The third-order valence-corrected chi connectivity index (χ3v) is 7.63. The number of hydrogen-bond donors (Lipinski definition) is 2. The van der Waals surface area contributed by atoms with Crippen LogP contribution >= 0.6 is 0 Å². The average molecular weight is 533 g/mol. The van der Waals surface area contributed by atoms with Gasteiger partial charge in [-0.3, -0.25) is 4.79 Å². The van der Waals surface area contributed by atoms with Gasteiger partial charge in [0, 0.05) is 17.7 Å². The molecule has 0 saturated carbocycles. The molecule has 40 heavy (non-hydrogen) atoms. The number of carbonyl (C=O) groups excluding carboxylic acids is 1. The summed E-state index contributed by atoms with van der Waals surface area (Å²) in [5, 5.41) is 7.27. The van der Waals surface area contributed by atoms with E-state index in [0.717, 1.165) is 45.1 Å². The number of ketones is 1. The lowest BCUT2D eigenvalue weighted by molar-refractivity contribution is -0.116. The fourth-order valence-electron chi connectivity index (χ4n) is 5.61. The van der Waals surface area contributed by atoms with E-state index >= 15 is 0 Å². The molecular formula is C34H32N2O4. The summed E-state index contributed by atoms with van der Waals surface area (Å²) in [5.74, 6) is 2.24. The maximum absolute atomic E-state index is 13.9. The smallest absolute Gasteiger partial charge is 0.163 e. The summed E-state index contributed by atoms with van der Waals surface area (Å²) in [6, 6.07) is 31.8. The Labute approximate surface area is 234 Å². The third-order valence-electron chi connectivity index (χ3n) is 7.63. The normalized spacial score (nSPS) is 18.0. The van der Waals surface area contributed by atoms with E-state index in [0.29, 0.717) is 30.9 Å². The number of fused-ring (bicyclic) bond motifs is 1. The molecule has 2 atom stereocenters. The maximum atomic E-state index is 13.9. The lowest BCUT2D eigenvalue weighted by atomic mass is 9.78. The predicted octanol–water partition coefficient (Wildman–Crippen LogP) is 7.26. The first kappa shape index (κ1) is 25.6. The molecule has 6 heteroatoms. The van der Waals surface area contributed by atoms with Crippen LogP contribution in [0.4, 0.5) is 11.4 Å². The van der Waals surface area contributed by atoms with E-state index in [-0.39, 0.29) is 17.7 Å². The summed E-state index contributed by atoms with van der Waals surface area (Å²) in [6.45, 7) is 0.479. The molecule has 6 rings (SSSR count). The van der Waals surface area contributed by atoms with Crippen molar-refractivity contribution in [2.45, 2.75) is 31.4 Å². The fraction of sp³-hybridized carbons (Fsp3) is 0.206. The molecule has 2 aliphatic rings. The number of anilines is 2. The highest BCUT2D eigenvalue weighted by Crippen LogP contribution is 2.45. The van der Waals surface area contributed by atoms with Crippen LogP contribution < -0.4 is 24.8 Å². The molecule has 1 aliphatic carbocycles. The molecule has 0 bridgehead atoms. The van der Waals surface area contributed by atoms with Crippen molar-refractivity contribution >= 4 is 17.2 Å². The zero-order valence-corrected chi connectivity index (χ0v) is 22.6. The van der Waals surface area contributed by atoms with Crippen LogP contribution in [0.15, 0.2) is 108 Å². The lowest BCUT2D eigenvalue weighted by Crippen LogP contribution is -2.27. The SMILES string of the molecule is COc1ccc([C@@H]2CC(=O)C3=C(C2)Nc2ccccc2N[C@H]3c2cccc(OCc3ccccc3)c2)cc1OC. The number of carbonyl (C=O) groups is 1. The van der Waals surface area contributed by atoms with Gasteiger partial charge in [-0.2, -0.15) is 0 Å². The van der Waals surface area contributed by atoms with Gasteiger partial charge in [0.1, 0.15) is 12.4 Å². The number of allylic oxidation sites excluding steroid dienone is 1. The van der Waals surface area contributed by atoms with E-state index in [1.54, 1.807) is 14.2 Å². The number of nitrogens with one attached hydrogen (secondary N) is 2. The quantitative estimate of drug-likeness (QED) is 0.261. The van der Waals surface area contributed by atoms with Gasteiger partial charge in [0.25, 0.3) is 0 Å². The van der Waals surface area contributed by atoms with Gasteiger partial charge in [0.15, 0.2) is 17.3 Å². The Morgan fingerprint density at radius 3 is 2.33 bits per heavy atom. The van der Waals surface area contributed by atoms with Gasteiger partial charge in [-0.15, -0.1) is 0 Å². The van der Waals surface area contributed by atoms with Gasteiger partial charge in [-0.05, 0) is 65.4 Å². The minimum Gasteiger partial charge on any atom is -0.493 e. The van der Waals surface area contributed by atoms with E-state index in [9.17, 15) is 4.79 Å². The minimum atomic E-state index is -0.315. The van der Waals surface area contributed by atoms with Crippen LogP contribution in [0, 0.1) is 0 Å². The van der Waals surface area contributed by atoms with E-state index < -0.39 is 0 Å². The molecule has 6 nitrogen and oxygen atoms in total. The molecule has 202 valence electrons. The van der Waals surface area contributed by atoms with Gasteiger partial charge in [-0.1, -0.05) is 60.7 Å². The molecule has 4 aromatic carbocycles. The molecule has 2 N–H and O–H groups in total. The Balaban J connectivity index is 1.35. The molecule has 1 heterocycles. The molecule has 0 radical (unpaired) electrons. The molecule has 0 aromatic heterocycles. The molecule has 4 aromatic rings. The summed E-state index contributed by atoms with van der Waals surface area (Å²) >= 11 is 0. The Bertz CT molecular complexity index is 1560. The van der Waals surface area contributed by atoms with Crippen molar-refractivity contribution in [3.63, 3.8) is 0 Å². The van der Waals surface area contributed by atoms with Crippen LogP contribution in [0.2, 0.25) is 0 Å². The summed E-state index contributed by atoms with van der Waals surface area (Å²) in [7, 11) is 3.26. The zero-order chi connectivity index (χ0) is 27.5. The van der Waals surface area contributed by atoms with Crippen molar-refractivity contribution in [1.82, 2.24) is 0 Å². The van der Waals surface area contributed by atoms with Gasteiger partial charge in [0.05, 0.1) is 31.6 Å². The standard InChI is InChI=1S/C34H32N2O4/c1-38-31-16-15-23(20-32(31)39-2)25-18-29-33(30(37)19-25)34(36-28-14-7-6-13-27(28)35-29)24-11-8-12-26(17-24)40-21-22-9-4-3-5-10-22/h3-17,20,25,34-36H,18-19,21H2,1-2H3/t25-,34-/m0/s1. The first-order chi connectivity index (χ1) is 19.6. The second-order valence-corrected chi connectivity index (χ2v) is 10.1. The Hall–Kier alpha value is -4.71. The highest BCUT2D eigenvalue weighted by Gasteiger charge is 2.36. The maximum Gasteiger partial charge on any atom is 0.163 e. The number of methoxy groups -OCH3 is 2. The van der Waals surface area contributed by atoms with Crippen molar-refractivity contribution in [3.05, 3.63) is 125 Å². The number of para-hydroxylation sites is 2. The second-order valence-electron chi connectivity index (χ2n) is 10.1. The fourth-order valence-corrected chi connectivity index (χ4v) is 5.61. The molecule has 0 saturated heterocycles. The Morgan fingerprint density at radius 1 is 0.750 bits per heavy atom. The van der Waals surface area contributed by atoms with Crippen LogP contribution in [0.3, 0.4) is 0 Å². The van der Waals surface area contributed by atoms with E-state index in [1.165, 1.54) is 0 Å². The number of benzene rings is 4. The first-order valence-electron chi connectivity index (χ1n) is 13.5. The summed E-state index contributed by atoms with van der Waals surface area (Å²) in [4.78, 5) is 13.9. The zero-order valence-electron chi connectivity index (χ0n) is 22.6. The van der Waals surface area contributed by atoms with Crippen molar-refractivity contribution in [3.8, 4) is 17.2 Å².